The lowest BCUT2D eigenvalue weighted by Gasteiger charge is -2.57. The minimum atomic E-state index is 0.172. The number of aromatic nitrogens is 2. The zero-order valence-electron chi connectivity index (χ0n) is 16.5. The van der Waals surface area contributed by atoms with Crippen molar-refractivity contribution in [2.45, 2.75) is 50.6 Å². The Balaban J connectivity index is 1.19. The number of nitrogens with one attached hydrogen (secondary N) is 2. The van der Waals surface area contributed by atoms with E-state index in [4.69, 9.17) is 15.2 Å². The van der Waals surface area contributed by atoms with Crippen molar-refractivity contribution < 1.29 is 9.47 Å². The lowest BCUT2D eigenvalue weighted by molar-refractivity contribution is 0.0106. The minimum absolute atomic E-state index is 0.172. The van der Waals surface area contributed by atoms with Crippen molar-refractivity contribution in [3.05, 3.63) is 30.1 Å². The van der Waals surface area contributed by atoms with Crippen LogP contribution in [0.2, 0.25) is 0 Å². The molecule has 0 saturated heterocycles. The van der Waals surface area contributed by atoms with Gasteiger partial charge in [-0.1, -0.05) is 6.07 Å². The van der Waals surface area contributed by atoms with Crippen molar-refractivity contribution in [1.82, 2.24) is 9.97 Å². The van der Waals surface area contributed by atoms with E-state index in [2.05, 4.69) is 20.6 Å². The molecule has 7 nitrogen and oxygen atoms in total. The van der Waals surface area contributed by atoms with Gasteiger partial charge in [0.15, 0.2) is 23.1 Å². The molecule has 1 aliphatic heterocycles. The molecule has 1 aromatic heterocycles. The van der Waals surface area contributed by atoms with Crippen molar-refractivity contribution in [2.24, 2.45) is 17.8 Å². The quantitative estimate of drug-likeness (QED) is 0.711. The highest BCUT2D eigenvalue weighted by Crippen LogP contribution is 2.56. The van der Waals surface area contributed by atoms with Crippen LogP contribution in [0.4, 0.5) is 17.3 Å². The number of nitrogens with two attached hydrogens (primary N) is 1. The van der Waals surface area contributed by atoms with Crippen LogP contribution in [0.5, 0.6) is 11.5 Å². The van der Waals surface area contributed by atoms with Crippen LogP contribution < -0.4 is 25.8 Å². The number of benzene rings is 1. The molecular formula is C22H27N5O2. The summed E-state index contributed by atoms with van der Waals surface area (Å²) in [6.07, 6.45) is 9.61. The lowest BCUT2D eigenvalue weighted by atomic mass is 9.53. The first-order valence-corrected chi connectivity index (χ1v) is 10.7. The summed E-state index contributed by atoms with van der Waals surface area (Å²) in [4.78, 5) is 8.87. The van der Waals surface area contributed by atoms with Gasteiger partial charge < -0.3 is 25.8 Å². The molecule has 4 fully saturated rings. The number of hydrogen-bond donors (Lipinski definition) is 3. The van der Waals surface area contributed by atoms with Gasteiger partial charge in [0.25, 0.3) is 0 Å². The molecule has 29 heavy (non-hydrogen) atoms. The van der Waals surface area contributed by atoms with Gasteiger partial charge in [0.05, 0.1) is 0 Å². The van der Waals surface area contributed by atoms with Gasteiger partial charge in [-0.25, -0.2) is 9.97 Å². The number of nitrogens with zero attached hydrogens (tertiary/aromatic N) is 2. The summed E-state index contributed by atoms with van der Waals surface area (Å²) in [6.45, 7) is 0.888. The molecule has 5 aliphatic rings. The van der Waals surface area contributed by atoms with Gasteiger partial charge in [-0.05, 0) is 74.0 Å². The van der Waals surface area contributed by atoms with E-state index in [9.17, 15) is 0 Å². The van der Waals surface area contributed by atoms with Crippen LogP contribution in [0.3, 0.4) is 0 Å². The zero-order chi connectivity index (χ0) is 19.4. The molecule has 0 spiro atoms. The molecule has 4 saturated carbocycles. The summed E-state index contributed by atoms with van der Waals surface area (Å²) in [6, 6.07) is 5.94. The van der Waals surface area contributed by atoms with Crippen molar-refractivity contribution in [2.75, 3.05) is 23.2 Å². The number of anilines is 3. The molecule has 0 atom stereocenters. The van der Waals surface area contributed by atoms with Gasteiger partial charge in [-0.2, -0.15) is 0 Å². The van der Waals surface area contributed by atoms with E-state index in [-0.39, 0.29) is 12.3 Å². The topological polar surface area (TPSA) is 94.3 Å². The average molecular weight is 393 g/mol. The summed E-state index contributed by atoms with van der Waals surface area (Å²) in [5, 5.41) is 7.13. The van der Waals surface area contributed by atoms with Gasteiger partial charge >= 0.3 is 0 Å². The molecule has 7 rings (SSSR count). The predicted molar refractivity (Wildman–Crippen MR) is 111 cm³/mol. The van der Waals surface area contributed by atoms with Crippen LogP contribution in [0, 0.1) is 17.8 Å². The Kier molecular flexibility index (Phi) is 3.79. The van der Waals surface area contributed by atoms with Gasteiger partial charge in [-0.3, -0.25) is 0 Å². The van der Waals surface area contributed by atoms with Crippen molar-refractivity contribution >= 4 is 17.3 Å². The third-order valence-corrected chi connectivity index (χ3v) is 7.20. The molecule has 0 unspecified atom stereocenters. The summed E-state index contributed by atoms with van der Waals surface area (Å²) < 4.78 is 10.8. The smallest absolute Gasteiger partial charge is 0.231 e. The molecule has 152 valence electrons. The fourth-order valence-electron chi connectivity index (χ4n) is 6.39. The van der Waals surface area contributed by atoms with Gasteiger partial charge in [0.1, 0.15) is 12.0 Å². The number of hydrogen-bond acceptors (Lipinski definition) is 7. The highest BCUT2D eigenvalue weighted by atomic mass is 16.7. The second kappa shape index (κ2) is 6.40. The first kappa shape index (κ1) is 17.2. The molecule has 0 amide bonds. The number of fused-ring (bicyclic) bond motifs is 1. The summed E-state index contributed by atoms with van der Waals surface area (Å²) >= 11 is 0. The largest absolute Gasteiger partial charge is 0.454 e. The SMILES string of the molecule is Nc1c(NCc2ccc3c(c2)OCO3)ncnc1NC12CC3CC(CC(C3)C1)C2. The monoisotopic (exact) mass is 393 g/mol. The molecule has 0 radical (unpaired) electrons. The summed E-state index contributed by atoms with van der Waals surface area (Å²) in [5.41, 5.74) is 8.33. The third kappa shape index (κ3) is 3.03. The molecular weight excluding hydrogens is 366 g/mol. The van der Waals surface area contributed by atoms with Crippen LogP contribution in [-0.4, -0.2) is 22.3 Å². The van der Waals surface area contributed by atoms with E-state index in [0.29, 0.717) is 18.1 Å². The van der Waals surface area contributed by atoms with E-state index >= 15 is 0 Å². The second-order valence-corrected chi connectivity index (χ2v) is 9.35. The minimum Gasteiger partial charge on any atom is -0.454 e. The Morgan fingerprint density at radius 2 is 1.66 bits per heavy atom. The van der Waals surface area contributed by atoms with Crippen LogP contribution in [-0.2, 0) is 6.54 Å². The second-order valence-electron chi connectivity index (χ2n) is 9.35. The maximum atomic E-state index is 6.47. The zero-order valence-corrected chi connectivity index (χ0v) is 16.5. The number of rotatable bonds is 5. The predicted octanol–water partition coefficient (Wildman–Crippen LogP) is 3.78. The summed E-state index contributed by atoms with van der Waals surface area (Å²) in [7, 11) is 0. The molecule has 7 heteroatoms. The van der Waals surface area contributed by atoms with E-state index in [1.165, 1.54) is 38.5 Å². The maximum Gasteiger partial charge on any atom is 0.231 e. The van der Waals surface area contributed by atoms with E-state index in [1.807, 2.05) is 18.2 Å². The number of nitrogen functional groups attached to an aromatic ring is 1. The Hall–Kier alpha value is -2.70. The fraction of sp³-hybridized carbons (Fsp3) is 0.545. The highest BCUT2D eigenvalue weighted by molar-refractivity contribution is 5.74. The molecule has 4 bridgehead atoms. The third-order valence-electron chi connectivity index (χ3n) is 7.20. The van der Waals surface area contributed by atoms with Crippen molar-refractivity contribution in [3.8, 4) is 11.5 Å². The van der Waals surface area contributed by atoms with Crippen molar-refractivity contribution in [1.29, 1.82) is 0 Å². The van der Waals surface area contributed by atoms with Crippen LogP contribution >= 0.6 is 0 Å². The fourth-order valence-corrected chi connectivity index (χ4v) is 6.39. The van der Waals surface area contributed by atoms with Gasteiger partial charge in [0.2, 0.25) is 6.79 Å². The Morgan fingerprint density at radius 3 is 2.41 bits per heavy atom. The normalized spacial score (nSPS) is 31.1. The highest BCUT2D eigenvalue weighted by Gasteiger charge is 2.51. The Bertz CT molecular complexity index is 912. The van der Waals surface area contributed by atoms with Gasteiger partial charge in [-0.15, -0.1) is 0 Å². The van der Waals surface area contributed by atoms with E-state index in [1.54, 1.807) is 6.33 Å². The van der Waals surface area contributed by atoms with E-state index < -0.39 is 0 Å². The maximum absolute atomic E-state index is 6.47. The molecule has 1 aromatic carbocycles. The van der Waals surface area contributed by atoms with Crippen LogP contribution in [0.25, 0.3) is 0 Å². The molecule has 2 heterocycles. The average Bonchev–Trinajstić information content (AvgIpc) is 3.15. The molecule has 4 aliphatic carbocycles. The lowest BCUT2D eigenvalue weighted by Crippen LogP contribution is -2.55. The number of ether oxygens (including phenoxy) is 2. The van der Waals surface area contributed by atoms with E-state index in [0.717, 1.165) is 40.6 Å². The standard InChI is InChI=1S/C22H27N5O2/c23-19-20(24-10-13-1-2-17-18(6-13)29-12-28-17)25-11-26-21(19)27-22-7-14-3-15(8-22)5-16(4-14)9-22/h1-2,6,11,14-16H,3-5,7-10,12,23H2,(H2,24,25,26,27). The van der Waals surface area contributed by atoms with Crippen molar-refractivity contribution in [3.63, 3.8) is 0 Å². The summed E-state index contributed by atoms with van der Waals surface area (Å²) in [5.74, 6) is 5.64. The molecule has 2 aromatic rings. The van der Waals surface area contributed by atoms with Crippen LogP contribution in [0.15, 0.2) is 24.5 Å². The molecule has 4 N–H and O–H groups in total. The Morgan fingerprint density at radius 1 is 0.966 bits per heavy atom. The first-order valence-electron chi connectivity index (χ1n) is 10.7. The Labute approximate surface area is 170 Å². The van der Waals surface area contributed by atoms with Gasteiger partial charge in [0, 0.05) is 12.1 Å². The first-order chi connectivity index (χ1) is 14.2. The van der Waals surface area contributed by atoms with Crippen LogP contribution in [0.1, 0.15) is 44.1 Å².